The summed E-state index contributed by atoms with van der Waals surface area (Å²) in [5.74, 6) is -0.966. The maximum absolute atomic E-state index is 11.8. The van der Waals surface area contributed by atoms with Gasteiger partial charge in [-0.25, -0.2) is 4.79 Å². The molecule has 2 N–H and O–H groups in total. The van der Waals surface area contributed by atoms with Crippen molar-refractivity contribution in [3.63, 3.8) is 0 Å². The average Bonchev–Trinajstić information content (AvgIpc) is 2.51. The highest BCUT2D eigenvalue weighted by Crippen LogP contribution is 2.16. The zero-order chi connectivity index (χ0) is 13.5. The Morgan fingerprint density at radius 3 is 2.61 bits per heavy atom. The van der Waals surface area contributed by atoms with Gasteiger partial charge < -0.3 is 10.0 Å². The summed E-state index contributed by atoms with van der Waals surface area (Å²) >= 11 is 0. The van der Waals surface area contributed by atoms with E-state index in [4.69, 9.17) is 5.11 Å². The second kappa shape index (κ2) is 6.98. The lowest BCUT2D eigenvalue weighted by atomic mass is 10.0. The third-order valence-electron chi connectivity index (χ3n) is 3.12. The Bertz CT molecular complexity index is 330. The fourth-order valence-corrected chi connectivity index (χ4v) is 1.95. The predicted molar refractivity (Wildman–Crippen MR) is 65.0 cm³/mol. The Labute approximate surface area is 106 Å². The number of carbonyl (C=O) groups excluding carboxylic acids is 2. The Kier molecular flexibility index (Phi) is 5.61. The van der Waals surface area contributed by atoms with Crippen LogP contribution in [0, 0.1) is 5.92 Å². The second-order valence-corrected chi connectivity index (χ2v) is 4.77. The highest BCUT2D eigenvalue weighted by Gasteiger charge is 2.20. The summed E-state index contributed by atoms with van der Waals surface area (Å²) in [5.41, 5.74) is 0. The number of nitrogens with zero attached hydrogens (tertiary/aromatic N) is 1. The molecule has 0 bridgehead atoms. The van der Waals surface area contributed by atoms with E-state index < -0.39 is 17.9 Å². The molecule has 1 rings (SSSR count). The van der Waals surface area contributed by atoms with Crippen LogP contribution in [0.1, 0.15) is 39.0 Å². The van der Waals surface area contributed by atoms with Gasteiger partial charge in [-0.1, -0.05) is 6.92 Å². The van der Waals surface area contributed by atoms with Crippen molar-refractivity contribution < 1.29 is 19.5 Å². The van der Waals surface area contributed by atoms with Crippen LogP contribution in [-0.4, -0.2) is 41.0 Å². The van der Waals surface area contributed by atoms with Gasteiger partial charge in [0, 0.05) is 19.5 Å². The van der Waals surface area contributed by atoms with Crippen LogP contribution in [0.2, 0.25) is 0 Å². The van der Waals surface area contributed by atoms with Gasteiger partial charge in [0.05, 0.1) is 6.42 Å². The fraction of sp³-hybridized carbons (Fsp3) is 0.750. The zero-order valence-corrected chi connectivity index (χ0v) is 10.6. The van der Waals surface area contributed by atoms with Crippen molar-refractivity contribution in [1.82, 2.24) is 10.2 Å². The first-order chi connectivity index (χ1) is 8.49. The van der Waals surface area contributed by atoms with Gasteiger partial charge in [-0.05, 0) is 25.2 Å². The van der Waals surface area contributed by atoms with Crippen LogP contribution in [0.4, 0.5) is 4.79 Å². The van der Waals surface area contributed by atoms with Crippen LogP contribution in [0.15, 0.2) is 0 Å². The number of aliphatic carboxylic acids is 1. The lowest BCUT2D eigenvalue weighted by Gasteiger charge is -2.20. The highest BCUT2D eigenvalue weighted by molar-refractivity contribution is 5.95. The standard InChI is InChI=1S/C12H20N2O4/c1-9-3-2-7-14(8-6-9)12(18)13-10(15)4-5-11(16)17/h9H,2-8H2,1H3,(H,16,17)(H,13,15,18). The molecule has 6 heteroatoms. The Morgan fingerprint density at radius 1 is 1.22 bits per heavy atom. The molecule has 1 aliphatic heterocycles. The van der Waals surface area contributed by atoms with Crippen molar-refractivity contribution in [2.45, 2.75) is 39.0 Å². The summed E-state index contributed by atoms with van der Waals surface area (Å²) in [4.78, 5) is 35.0. The molecule has 102 valence electrons. The van der Waals surface area contributed by atoms with Gasteiger partial charge in [0.25, 0.3) is 0 Å². The van der Waals surface area contributed by atoms with E-state index in [1.165, 1.54) is 0 Å². The lowest BCUT2D eigenvalue weighted by molar-refractivity contribution is -0.138. The summed E-state index contributed by atoms with van der Waals surface area (Å²) in [7, 11) is 0. The van der Waals surface area contributed by atoms with Gasteiger partial charge in [-0.15, -0.1) is 0 Å². The molecule has 0 saturated carbocycles. The first-order valence-corrected chi connectivity index (χ1v) is 6.29. The second-order valence-electron chi connectivity index (χ2n) is 4.77. The van der Waals surface area contributed by atoms with Gasteiger partial charge >= 0.3 is 12.0 Å². The van der Waals surface area contributed by atoms with Crippen molar-refractivity contribution in [2.24, 2.45) is 5.92 Å². The van der Waals surface area contributed by atoms with E-state index in [0.717, 1.165) is 19.3 Å². The summed E-state index contributed by atoms with van der Waals surface area (Å²) < 4.78 is 0. The third-order valence-corrected chi connectivity index (χ3v) is 3.12. The molecular formula is C12H20N2O4. The minimum absolute atomic E-state index is 0.161. The van der Waals surface area contributed by atoms with Crippen LogP contribution in [0.3, 0.4) is 0 Å². The first kappa shape index (κ1) is 14.5. The molecule has 0 aromatic heterocycles. The predicted octanol–water partition coefficient (Wildman–Crippen LogP) is 1.21. The van der Waals surface area contributed by atoms with Gasteiger partial charge in [0.1, 0.15) is 0 Å². The first-order valence-electron chi connectivity index (χ1n) is 6.29. The van der Waals surface area contributed by atoms with E-state index in [0.29, 0.717) is 19.0 Å². The molecular weight excluding hydrogens is 236 g/mol. The lowest BCUT2D eigenvalue weighted by Crippen LogP contribution is -2.43. The number of carboxylic acids is 1. The molecule has 0 aromatic carbocycles. The molecule has 0 spiro atoms. The molecule has 1 fully saturated rings. The number of rotatable bonds is 3. The smallest absolute Gasteiger partial charge is 0.324 e. The maximum Gasteiger partial charge on any atom is 0.324 e. The Balaban J connectivity index is 2.35. The van der Waals surface area contributed by atoms with E-state index >= 15 is 0 Å². The summed E-state index contributed by atoms with van der Waals surface area (Å²) in [5, 5.41) is 10.7. The monoisotopic (exact) mass is 256 g/mol. The van der Waals surface area contributed by atoms with Crippen molar-refractivity contribution in [3.8, 4) is 0 Å². The number of carbonyl (C=O) groups is 3. The van der Waals surface area contributed by atoms with Crippen molar-refractivity contribution in [1.29, 1.82) is 0 Å². The summed E-state index contributed by atoms with van der Waals surface area (Å²) in [6.45, 7) is 3.46. The fourth-order valence-electron chi connectivity index (χ4n) is 1.95. The summed E-state index contributed by atoms with van der Waals surface area (Å²) in [6.07, 6.45) is 2.56. The number of imide groups is 1. The molecule has 1 saturated heterocycles. The van der Waals surface area contributed by atoms with Gasteiger partial charge in [-0.2, -0.15) is 0 Å². The zero-order valence-electron chi connectivity index (χ0n) is 10.6. The number of carboxylic acid groups (broad SMARTS) is 1. The molecule has 1 aliphatic rings. The molecule has 0 radical (unpaired) electrons. The van der Waals surface area contributed by atoms with Crippen LogP contribution < -0.4 is 5.32 Å². The van der Waals surface area contributed by atoms with E-state index in [1.54, 1.807) is 4.90 Å². The minimum atomic E-state index is -1.04. The van der Waals surface area contributed by atoms with Crippen LogP contribution in [-0.2, 0) is 9.59 Å². The van der Waals surface area contributed by atoms with E-state index in [-0.39, 0.29) is 12.8 Å². The van der Waals surface area contributed by atoms with Crippen molar-refractivity contribution in [3.05, 3.63) is 0 Å². The Morgan fingerprint density at radius 2 is 1.94 bits per heavy atom. The molecule has 1 unspecified atom stereocenters. The summed E-state index contributed by atoms with van der Waals surface area (Å²) in [6, 6.07) is -0.403. The van der Waals surface area contributed by atoms with E-state index in [9.17, 15) is 14.4 Å². The molecule has 3 amide bonds. The van der Waals surface area contributed by atoms with Crippen LogP contribution in [0.5, 0.6) is 0 Å². The number of urea groups is 1. The number of nitrogens with one attached hydrogen (secondary N) is 1. The largest absolute Gasteiger partial charge is 0.481 e. The third kappa shape index (κ3) is 5.16. The Hall–Kier alpha value is -1.59. The quantitative estimate of drug-likeness (QED) is 0.794. The van der Waals surface area contributed by atoms with E-state index in [1.807, 2.05) is 0 Å². The minimum Gasteiger partial charge on any atom is -0.481 e. The number of hydrogen-bond acceptors (Lipinski definition) is 3. The highest BCUT2D eigenvalue weighted by atomic mass is 16.4. The van der Waals surface area contributed by atoms with E-state index in [2.05, 4.69) is 12.2 Å². The van der Waals surface area contributed by atoms with Crippen molar-refractivity contribution in [2.75, 3.05) is 13.1 Å². The molecule has 1 atom stereocenters. The number of likely N-dealkylation sites (tertiary alicyclic amines) is 1. The average molecular weight is 256 g/mol. The SMILES string of the molecule is CC1CCCN(C(=O)NC(=O)CCC(=O)O)CC1. The van der Waals surface area contributed by atoms with Gasteiger partial charge in [0.2, 0.25) is 5.91 Å². The molecule has 1 heterocycles. The van der Waals surface area contributed by atoms with Gasteiger partial charge in [-0.3, -0.25) is 14.9 Å². The van der Waals surface area contributed by atoms with Crippen LogP contribution >= 0.6 is 0 Å². The maximum atomic E-state index is 11.8. The molecule has 0 aliphatic carbocycles. The van der Waals surface area contributed by atoms with Crippen molar-refractivity contribution >= 4 is 17.9 Å². The van der Waals surface area contributed by atoms with Gasteiger partial charge in [0.15, 0.2) is 0 Å². The molecule has 6 nitrogen and oxygen atoms in total. The molecule has 0 aromatic rings. The topological polar surface area (TPSA) is 86.7 Å². The normalized spacial score (nSPS) is 20.1. The van der Waals surface area contributed by atoms with Crippen LogP contribution in [0.25, 0.3) is 0 Å². The molecule has 18 heavy (non-hydrogen) atoms. The number of amides is 3. The number of hydrogen-bond donors (Lipinski definition) is 2.